The molecule has 0 spiro atoms. The van der Waals surface area contributed by atoms with Gasteiger partial charge in [0, 0.05) is 21.0 Å². The first-order chi connectivity index (χ1) is 23.2. The largest absolute Gasteiger partial charge is 0.465 e. The molecule has 12 heteroatoms. The molecule has 3 amide bonds. The van der Waals surface area contributed by atoms with Gasteiger partial charge in [-0.25, -0.2) is 4.79 Å². The van der Waals surface area contributed by atoms with E-state index in [1.807, 2.05) is 13.0 Å². The lowest BCUT2D eigenvalue weighted by atomic mass is 9.95. The number of carbonyl (C=O) groups is 4. The van der Waals surface area contributed by atoms with Gasteiger partial charge in [-0.15, -0.1) is 23.1 Å². The molecule has 1 aromatic heterocycles. The summed E-state index contributed by atoms with van der Waals surface area (Å²) in [6.45, 7) is 1.91. The van der Waals surface area contributed by atoms with Crippen molar-refractivity contribution < 1.29 is 23.9 Å². The fourth-order valence-electron chi connectivity index (χ4n) is 5.23. The molecule has 0 saturated carbocycles. The highest BCUT2D eigenvalue weighted by Gasteiger charge is 2.29. The fraction of sp³-hybridized carbons (Fsp3) is 0.222. The van der Waals surface area contributed by atoms with Gasteiger partial charge in [0.05, 0.1) is 28.0 Å². The fourth-order valence-corrected chi connectivity index (χ4v) is 7.88. The van der Waals surface area contributed by atoms with Gasteiger partial charge in [0.1, 0.15) is 10.7 Å². The minimum Gasteiger partial charge on any atom is -0.465 e. The Morgan fingerprint density at radius 1 is 0.958 bits per heavy atom. The number of esters is 1. The first-order valence-electron chi connectivity index (χ1n) is 15.3. The molecule has 48 heavy (non-hydrogen) atoms. The maximum atomic E-state index is 13.6. The Bertz CT molecular complexity index is 1880. The number of hydrogen-bond acceptors (Lipinski definition) is 7. The summed E-state index contributed by atoms with van der Waals surface area (Å²) in [5, 5.41) is 9.13. The van der Waals surface area contributed by atoms with Crippen LogP contribution in [0.1, 0.15) is 62.9 Å². The van der Waals surface area contributed by atoms with E-state index < -0.39 is 23.0 Å². The number of fused-ring (bicyclic) bond motifs is 1. The van der Waals surface area contributed by atoms with Crippen LogP contribution in [0.5, 0.6) is 0 Å². The molecular weight excluding hydrogens is 689 g/mol. The van der Waals surface area contributed by atoms with Crippen molar-refractivity contribution in [2.75, 3.05) is 17.7 Å². The van der Waals surface area contributed by atoms with Crippen molar-refractivity contribution in [3.05, 3.63) is 116 Å². The number of anilines is 2. The summed E-state index contributed by atoms with van der Waals surface area (Å²) >= 11 is 15.4. The Balaban J connectivity index is 1.33. The molecule has 8 nitrogen and oxygen atoms in total. The molecule has 1 aliphatic carbocycles. The second kappa shape index (κ2) is 16.3. The van der Waals surface area contributed by atoms with E-state index in [-0.39, 0.29) is 16.6 Å². The summed E-state index contributed by atoms with van der Waals surface area (Å²) in [5.74, 6) is -1.73. The third-order valence-corrected chi connectivity index (χ3v) is 11.0. The molecule has 3 N–H and O–H groups in total. The molecule has 0 fully saturated rings. The zero-order valence-corrected chi connectivity index (χ0v) is 29.4. The predicted octanol–water partition coefficient (Wildman–Crippen LogP) is 8.64. The molecule has 1 aliphatic rings. The molecule has 248 valence electrons. The monoisotopic (exact) mass is 721 g/mol. The highest BCUT2D eigenvalue weighted by atomic mass is 35.5. The number of halogens is 2. The quantitative estimate of drug-likeness (QED) is 0.0812. The van der Waals surface area contributed by atoms with Crippen molar-refractivity contribution >= 4 is 86.8 Å². The number of methoxy groups -OCH3 is 1. The standard InChI is InChI=1S/C36H33Cl2N3O5S2/c1-3-28(34(44)41-35-30(36(45)46-2)25-16-7-8-18-29(25)48-35)47-24-15-10-14-23(20-24)39-33(43)27(19-22-13-9-17-26(37)31(22)38)40-32(42)21-11-5-4-6-12-21/h4-6,9-15,17,19-20,28H,3,7-8,16,18H2,1-2H3,(H,39,43)(H,40,42)(H,41,44)/b27-19+. The third kappa shape index (κ3) is 8.49. The SMILES string of the molecule is CCC(Sc1cccc(NC(=O)/C(=C\c2cccc(Cl)c2Cl)NC(=O)c2ccccc2)c1)C(=O)Nc1sc2c(c1C(=O)OC)CCCC2. The van der Waals surface area contributed by atoms with Gasteiger partial charge in [-0.3, -0.25) is 14.4 Å². The van der Waals surface area contributed by atoms with E-state index in [1.54, 1.807) is 66.7 Å². The van der Waals surface area contributed by atoms with Crippen molar-refractivity contribution in [2.24, 2.45) is 0 Å². The summed E-state index contributed by atoms with van der Waals surface area (Å²) in [6.07, 6.45) is 5.69. The van der Waals surface area contributed by atoms with Crippen LogP contribution < -0.4 is 16.0 Å². The number of benzene rings is 3. The van der Waals surface area contributed by atoms with Crippen molar-refractivity contribution in [3.8, 4) is 0 Å². The Labute approximate surface area is 297 Å². The number of ether oxygens (including phenoxy) is 1. The van der Waals surface area contributed by atoms with Gasteiger partial charge in [-0.2, -0.15) is 0 Å². The van der Waals surface area contributed by atoms with Gasteiger partial charge in [-0.1, -0.05) is 66.5 Å². The van der Waals surface area contributed by atoms with Gasteiger partial charge in [0.2, 0.25) is 5.91 Å². The van der Waals surface area contributed by atoms with E-state index >= 15 is 0 Å². The second-order valence-electron chi connectivity index (χ2n) is 10.9. The lowest BCUT2D eigenvalue weighted by molar-refractivity contribution is -0.116. The van der Waals surface area contributed by atoms with Crippen molar-refractivity contribution in [2.45, 2.75) is 49.2 Å². The maximum absolute atomic E-state index is 13.6. The number of nitrogens with one attached hydrogen (secondary N) is 3. The third-order valence-electron chi connectivity index (χ3n) is 7.64. The van der Waals surface area contributed by atoms with E-state index in [0.29, 0.717) is 38.8 Å². The molecule has 4 aromatic rings. The van der Waals surface area contributed by atoms with Gasteiger partial charge in [0.15, 0.2) is 0 Å². The summed E-state index contributed by atoms with van der Waals surface area (Å²) in [4.78, 5) is 54.7. The van der Waals surface area contributed by atoms with Crippen LogP contribution in [0.15, 0.2) is 83.4 Å². The Morgan fingerprint density at radius 2 is 1.71 bits per heavy atom. The minimum absolute atomic E-state index is 0.0445. The smallest absolute Gasteiger partial charge is 0.341 e. The molecule has 1 heterocycles. The Kier molecular flexibility index (Phi) is 12.0. The van der Waals surface area contributed by atoms with Gasteiger partial charge in [0.25, 0.3) is 11.8 Å². The van der Waals surface area contributed by atoms with E-state index in [0.717, 1.165) is 41.0 Å². The zero-order chi connectivity index (χ0) is 34.2. The highest BCUT2D eigenvalue weighted by molar-refractivity contribution is 8.00. The molecule has 3 aromatic carbocycles. The number of amides is 3. The zero-order valence-electron chi connectivity index (χ0n) is 26.2. The minimum atomic E-state index is -0.584. The maximum Gasteiger partial charge on any atom is 0.341 e. The number of rotatable bonds is 11. The van der Waals surface area contributed by atoms with Gasteiger partial charge >= 0.3 is 5.97 Å². The molecule has 1 atom stereocenters. The van der Waals surface area contributed by atoms with Crippen LogP contribution in [0.4, 0.5) is 10.7 Å². The van der Waals surface area contributed by atoms with E-state index in [2.05, 4.69) is 16.0 Å². The first kappa shape index (κ1) is 35.2. The summed E-state index contributed by atoms with van der Waals surface area (Å²) in [6, 6.07) is 20.6. The lowest BCUT2D eigenvalue weighted by Gasteiger charge is -2.16. The average Bonchev–Trinajstić information content (AvgIpc) is 3.46. The van der Waals surface area contributed by atoms with Gasteiger partial charge < -0.3 is 20.7 Å². The van der Waals surface area contributed by atoms with Crippen LogP contribution in [-0.2, 0) is 27.2 Å². The number of aryl methyl sites for hydroxylation is 1. The van der Waals surface area contributed by atoms with Crippen LogP contribution in [0.25, 0.3) is 6.08 Å². The van der Waals surface area contributed by atoms with Crippen molar-refractivity contribution in [1.29, 1.82) is 0 Å². The van der Waals surface area contributed by atoms with E-state index in [4.69, 9.17) is 27.9 Å². The summed E-state index contributed by atoms with van der Waals surface area (Å²) < 4.78 is 5.05. The predicted molar refractivity (Wildman–Crippen MR) is 194 cm³/mol. The lowest BCUT2D eigenvalue weighted by Crippen LogP contribution is -2.30. The van der Waals surface area contributed by atoms with Crippen LogP contribution in [0, 0.1) is 0 Å². The molecule has 0 bridgehead atoms. The molecular formula is C36H33Cl2N3O5S2. The number of hydrogen-bond donors (Lipinski definition) is 3. The van der Waals surface area contributed by atoms with Crippen LogP contribution in [-0.4, -0.2) is 36.1 Å². The van der Waals surface area contributed by atoms with Crippen LogP contribution in [0.3, 0.4) is 0 Å². The topological polar surface area (TPSA) is 114 Å². The highest BCUT2D eigenvalue weighted by Crippen LogP contribution is 2.39. The molecule has 0 aliphatic heterocycles. The van der Waals surface area contributed by atoms with Crippen molar-refractivity contribution in [1.82, 2.24) is 5.32 Å². The van der Waals surface area contributed by atoms with Crippen molar-refractivity contribution in [3.63, 3.8) is 0 Å². The van der Waals surface area contributed by atoms with Gasteiger partial charge in [-0.05, 0) is 85.7 Å². The van der Waals surface area contributed by atoms with E-state index in [1.165, 1.54) is 36.3 Å². The number of carbonyl (C=O) groups excluding carboxylic acids is 4. The summed E-state index contributed by atoms with van der Waals surface area (Å²) in [5.41, 5.74) is 2.66. The average molecular weight is 723 g/mol. The Hall–Kier alpha value is -4.09. The van der Waals surface area contributed by atoms with Crippen LogP contribution in [0.2, 0.25) is 10.0 Å². The Morgan fingerprint density at radius 3 is 2.46 bits per heavy atom. The first-order valence-corrected chi connectivity index (χ1v) is 17.8. The molecule has 5 rings (SSSR count). The normalized spacial score (nSPS) is 13.2. The molecule has 1 unspecified atom stereocenters. The van der Waals surface area contributed by atoms with Crippen LogP contribution >= 0.6 is 46.3 Å². The number of thiophene rings is 1. The molecule has 0 saturated heterocycles. The number of thioether (sulfide) groups is 1. The molecule has 0 radical (unpaired) electrons. The summed E-state index contributed by atoms with van der Waals surface area (Å²) in [7, 11) is 1.35. The van der Waals surface area contributed by atoms with E-state index in [9.17, 15) is 19.2 Å². The second-order valence-corrected chi connectivity index (χ2v) is 14.1.